The van der Waals surface area contributed by atoms with E-state index in [1.54, 1.807) is 0 Å². The van der Waals surface area contributed by atoms with Gasteiger partial charge in [0.05, 0.1) is 6.17 Å². The lowest BCUT2D eigenvalue weighted by molar-refractivity contribution is 0.149. The molecule has 2 nitrogen and oxygen atoms in total. The zero-order valence-electron chi connectivity index (χ0n) is 10.9. The molecule has 1 heterocycles. The van der Waals surface area contributed by atoms with Crippen molar-refractivity contribution in [2.24, 2.45) is 11.8 Å². The predicted octanol–water partition coefficient (Wildman–Crippen LogP) is 2.70. The van der Waals surface area contributed by atoms with Crippen LogP contribution < -0.4 is 5.32 Å². The molecule has 1 aliphatic rings. The van der Waals surface area contributed by atoms with Crippen LogP contribution in [0.3, 0.4) is 0 Å². The standard InChI is InChI=1S/C13H28N2/c1-5-7-8-11(3)12(4)13-14-9-10-15(13)6-2/h11-14H,5-10H2,1-4H3. The molecule has 90 valence electrons. The van der Waals surface area contributed by atoms with E-state index in [-0.39, 0.29) is 0 Å². The molecule has 15 heavy (non-hydrogen) atoms. The number of unbranched alkanes of at least 4 members (excludes halogenated alkanes) is 1. The highest BCUT2D eigenvalue weighted by molar-refractivity contribution is 4.83. The number of likely N-dealkylation sites (N-methyl/N-ethyl adjacent to an activating group) is 1. The fraction of sp³-hybridized carbons (Fsp3) is 1.00. The van der Waals surface area contributed by atoms with E-state index in [0.29, 0.717) is 6.17 Å². The van der Waals surface area contributed by atoms with E-state index in [2.05, 4.69) is 37.9 Å². The second kappa shape index (κ2) is 6.49. The van der Waals surface area contributed by atoms with Crippen LogP contribution in [0.5, 0.6) is 0 Å². The molecule has 1 rings (SSSR count). The minimum absolute atomic E-state index is 0.627. The van der Waals surface area contributed by atoms with Crippen molar-refractivity contribution in [3.05, 3.63) is 0 Å². The van der Waals surface area contributed by atoms with Gasteiger partial charge in [0.15, 0.2) is 0 Å². The van der Waals surface area contributed by atoms with Gasteiger partial charge in [-0.15, -0.1) is 0 Å². The van der Waals surface area contributed by atoms with Gasteiger partial charge in [-0.1, -0.05) is 47.0 Å². The molecule has 0 aliphatic carbocycles. The fourth-order valence-electron chi connectivity index (χ4n) is 2.60. The Balaban J connectivity index is 2.40. The Labute approximate surface area is 95.4 Å². The Bertz CT molecular complexity index is 170. The Morgan fingerprint density at radius 3 is 2.67 bits per heavy atom. The molecule has 1 N–H and O–H groups in total. The van der Waals surface area contributed by atoms with Crippen molar-refractivity contribution in [3.63, 3.8) is 0 Å². The predicted molar refractivity (Wildman–Crippen MR) is 66.9 cm³/mol. The summed E-state index contributed by atoms with van der Waals surface area (Å²) in [5.74, 6) is 1.62. The van der Waals surface area contributed by atoms with Crippen LogP contribution in [0.25, 0.3) is 0 Å². The molecular weight excluding hydrogens is 184 g/mol. The molecule has 0 saturated carbocycles. The van der Waals surface area contributed by atoms with Gasteiger partial charge < -0.3 is 5.32 Å². The maximum absolute atomic E-state index is 3.64. The second-order valence-electron chi connectivity index (χ2n) is 5.01. The van der Waals surface area contributed by atoms with Gasteiger partial charge in [0.2, 0.25) is 0 Å². The van der Waals surface area contributed by atoms with Crippen molar-refractivity contribution in [1.82, 2.24) is 10.2 Å². The van der Waals surface area contributed by atoms with Crippen LogP contribution in [0.15, 0.2) is 0 Å². The smallest absolute Gasteiger partial charge is 0.0626 e. The van der Waals surface area contributed by atoms with E-state index in [9.17, 15) is 0 Å². The molecule has 0 bridgehead atoms. The van der Waals surface area contributed by atoms with Crippen molar-refractivity contribution < 1.29 is 0 Å². The van der Waals surface area contributed by atoms with E-state index in [4.69, 9.17) is 0 Å². The largest absolute Gasteiger partial charge is 0.300 e. The zero-order chi connectivity index (χ0) is 11.3. The summed E-state index contributed by atoms with van der Waals surface area (Å²) in [7, 11) is 0. The number of hydrogen-bond donors (Lipinski definition) is 1. The van der Waals surface area contributed by atoms with E-state index < -0.39 is 0 Å². The summed E-state index contributed by atoms with van der Waals surface area (Å²) in [4.78, 5) is 2.58. The molecule has 0 aromatic heterocycles. The molecule has 2 heteroatoms. The van der Waals surface area contributed by atoms with Crippen LogP contribution in [-0.4, -0.2) is 30.7 Å². The molecule has 1 fully saturated rings. The minimum atomic E-state index is 0.627. The van der Waals surface area contributed by atoms with E-state index in [0.717, 1.165) is 11.8 Å². The van der Waals surface area contributed by atoms with Crippen LogP contribution in [0.2, 0.25) is 0 Å². The molecule has 0 radical (unpaired) electrons. The normalized spacial score (nSPS) is 26.8. The first-order valence-corrected chi connectivity index (χ1v) is 6.68. The maximum atomic E-state index is 3.64. The quantitative estimate of drug-likeness (QED) is 0.728. The summed E-state index contributed by atoms with van der Waals surface area (Å²) in [5.41, 5.74) is 0. The lowest BCUT2D eigenvalue weighted by Crippen LogP contribution is -2.43. The Hall–Kier alpha value is -0.0800. The summed E-state index contributed by atoms with van der Waals surface area (Å²) < 4.78 is 0. The van der Waals surface area contributed by atoms with Gasteiger partial charge in [0.25, 0.3) is 0 Å². The number of nitrogens with zero attached hydrogens (tertiary/aromatic N) is 1. The van der Waals surface area contributed by atoms with Crippen LogP contribution in [0.4, 0.5) is 0 Å². The van der Waals surface area contributed by atoms with Crippen molar-refractivity contribution in [2.45, 2.75) is 53.1 Å². The summed E-state index contributed by atoms with van der Waals surface area (Å²) in [5, 5.41) is 3.64. The van der Waals surface area contributed by atoms with Gasteiger partial charge in [-0.05, 0) is 18.4 Å². The van der Waals surface area contributed by atoms with Crippen LogP contribution in [0, 0.1) is 11.8 Å². The summed E-state index contributed by atoms with van der Waals surface area (Å²) >= 11 is 0. The SMILES string of the molecule is CCCCC(C)C(C)C1NCCN1CC. The number of nitrogens with one attached hydrogen (secondary N) is 1. The summed E-state index contributed by atoms with van der Waals surface area (Å²) in [6.07, 6.45) is 4.71. The van der Waals surface area contributed by atoms with Crippen molar-refractivity contribution >= 4 is 0 Å². The van der Waals surface area contributed by atoms with E-state index in [1.807, 2.05) is 0 Å². The fourth-order valence-corrected chi connectivity index (χ4v) is 2.60. The van der Waals surface area contributed by atoms with E-state index in [1.165, 1.54) is 38.9 Å². The first-order valence-electron chi connectivity index (χ1n) is 6.68. The highest BCUT2D eigenvalue weighted by atomic mass is 15.3. The lowest BCUT2D eigenvalue weighted by atomic mass is 9.88. The number of rotatable bonds is 6. The Morgan fingerprint density at radius 1 is 1.33 bits per heavy atom. The first-order chi connectivity index (χ1) is 7.20. The minimum Gasteiger partial charge on any atom is -0.300 e. The monoisotopic (exact) mass is 212 g/mol. The molecule has 0 aromatic rings. The average molecular weight is 212 g/mol. The van der Waals surface area contributed by atoms with E-state index >= 15 is 0 Å². The van der Waals surface area contributed by atoms with Crippen LogP contribution >= 0.6 is 0 Å². The van der Waals surface area contributed by atoms with Crippen LogP contribution in [0.1, 0.15) is 47.0 Å². The second-order valence-corrected chi connectivity index (χ2v) is 5.01. The molecule has 0 spiro atoms. The van der Waals surface area contributed by atoms with Crippen LogP contribution in [-0.2, 0) is 0 Å². The molecule has 3 atom stereocenters. The highest BCUT2D eigenvalue weighted by Crippen LogP contribution is 2.24. The third kappa shape index (κ3) is 3.46. The maximum Gasteiger partial charge on any atom is 0.0626 e. The Kier molecular flexibility index (Phi) is 5.62. The lowest BCUT2D eigenvalue weighted by Gasteiger charge is -2.32. The van der Waals surface area contributed by atoms with Gasteiger partial charge >= 0.3 is 0 Å². The summed E-state index contributed by atoms with van der Waals surface area (Å²) in [6, 6.07) is 0. The topological polar surface area (TPSA) is 15.3 Å². The molecule has 0 amide bonds. The third-order valence-corrected chi connectivity index (χ3v) is 3.96. The van der Waals surface area contributed by atoms with Gasteiger partial charge in [-0.25, -0.2) is 0 Å². The molecule has 0 aromatic carbocycles. The molecular formula is C13H28N2. The highest BCUT2D eigenvalue weighted by Gasteiger charge is 2.30. The molecule has 1 aliphatic heterocycles. The van der Waals surface area contributed by atoms with Gasteiger partial charge in [0.1, 0.15) is 0 Å². The average Bonchev–Trinajstić information content (AvgIpc) is 2.72. The molecule has 3 unspecified atom stereocenters. The zero-order valence-corrected chi connectivity index (χ0v) is 10.9. The third-order valence-electron chi connectivity index (χ3n) is 3.96. The van der Waals surface area contributed by atoms with Gasteiger partial charge in [0, 0.05) is 13.1 Å². The van der Waals surface area contributed by atoms with Crippen molar-refractivity contribution in [3.8, 4) is 0 Å². The first kappa shape index (κ1) is 13.0. The molecule has 1 saturated heterocycles. The Morgan fingerprint density at radius 2 is 2.07 bits per heavy atom. The van der Waals surface area contributed by atoms with Gasteiger partial charge in [-0.3, -0.25) is 4.90 Å². The van der Waals surface area contributed by atoms with Crippen molar-refractivity contribution in [1.29, 1.82) is 0 Å². The van der Waals surface area contributed by atoms with Gasteiger partial charge in [-0.2, -0.15) is 0 Å². The summed E-state index contributed by atoms with van der Waals surface area (Å²) in [6.45, 7) is 12.9. The number of hydrogen-bond acceptors (Lipinski definition) is 2. The van der Waals surface area contributed by atoms with Crippen molar-refractivity contribution in [2.75, 3.05) is 19.6 Å².